The summed E-state index contributed by atoms with van der Waals surface area (Å²) in [6.07, 6.45) is 1.52. The molecule has 1 fully saturated rings. The van der Waals surface area contributed by atoms with Gasteiger partial charge in [0.15, 0.2) is 10.6 Å². The summed E-state index contributed by atoms with van der Waals surface area (Å²) < 4.78 is 13.9. The number of hydrogen-bond donors (Lipinski definition) is 4. The number of aliphatic hydroxyl groups is 1. The number of benzene rings is 3. The molecule has 1 aliphatic heterocycles. The highest BCUT2D eigenvalue weighted by atomic mass is 32.2. The van der Waals surface area contributed by atoms with E-state index in [1.807, 2.05) is 61.5 Å². The summed E-state index contributed by atoms with van der Waals surface area (Å²) in [4.78, 5) is 23.3. The summed E-state index contributed by atoms with van der Waals surface area (Å²) in [7, 11) is 0. The third kappa shape index (κ3) is 9.68. The number of carbonyl (C=O) groups excluding carboxylic acids is 2. The van der Waals surface area contributed by atoms with Gasteiger partial charge >= 0.3 is 0 Å². The maximum Gasteiger partial charge on any atom is 0.243 e. The molecule has 3 aromatic carbocycles. The summed E-state index contributed by atoms with van der Waals surface area (Å²) in [5, 5.41) is 30.3. The number of nitrogens with one attached hydrogen (secondary N) is 2. The van der Waals surface area contributed by atoms with Crippen LogP contribution in [0.5, 0.6) is 0 Å². The molecular weight excluding hydrogens is 625 g/mol. The van der Waals surface area contributed by atoms with Gasteiger partial charge in [0.25, 0.3) is 0 Å². The van der Waals surface area contributed by atoms with Gasteiger partial charge in [0.05, 0.1) is 18.8 Å². The summed E-state index contributed by atoms with van der Waals surface area (Å²) >= 11 is 3.22. The normalized spacial score (nSPS) is 17.8. The minimum Gasteiger partial charge on any atom is -0.392 e. The molecule has 0 saturated carbocycles. The molecule has 10 nitrogen and oxygen atoms in total. The Morgan fingerprint density at radius 3 is 2.35 bits per heavy atom. The lowest BCUT2D eigenvalue weighted by Crippen LogP contribution is -2.31. The minimum atomic E-state index is -0.549. The number of aliphatic hydroxyl groups excluding tert-OH is 1. The molecule has 242 valence electrons. The van der Waals surface area contributed by atoms with Gasteiger partial charge in [-0.25, -0.2) is 5.48 Å². The van der Waals surface area contributed by atoms with Gasteiger partial charge in [0, 0.05) is 37.1 Å². The molecule has 0 aliphatic carbocycles. The third-order valence-electron chi connectivity index (χ3n) is 7.63. The quantitative estimate of drug-likeness (QED) is 0.0551. The van der Waals surface area contributed by atoms with Crippen molar-refractivity contribution < 1.29 is 29.4 Å². The molecule has 1 saturated heterocycles. The van der Waals surface area contributed by atoms with Crippen LogP contribution < -0.4 is 10.8 Å². The lowest BCUT2D eigenvalue weighted by atomic mass is 9.99. The topological polar surface area (TPSA) is 143 Å². The van der Waals surface area contributed by atoms with Gasteiger partial charge in [-0.1, -0.05) is 89.8 Å². The van der Waals surface area contributed by atoms with Crippen LogP contribution in [0.1, 0.15) is 71.8 Å². The van der Waals surface area contributed by atoms with Gasteiger partial charge in [0.1, 0.15) is 5.01 Å². The van der Waals surface area contributed by atoms with Crippen molar-refractivity contribution in [3.8, 4) is 11.1 Å². The molecule has 3 atom stereocenters. The zero-order valence-corrected chi connectivity index (χ0v) is 27.2. The van der Waals surface area contributed by atoms with Crippen molar-refractivity contribution in [2.45, 2.75) is 75.0 Å². The van der Waals surface area contributed by atoms with Crippen LogP contribution in [0, 0.1) is 6.92 Å². The molecule has 2 amide bonds. The average molecular weight is 663 g/mol. The first kappa shape index (κ1) is 33.7. The SMILES string of the molecule is Cc1nnc(SCC2CC(c3ccc(CO)cc3)OC(c3ccc(-c4cccc(CNC(=O)CCCCC(=O)NO)c4)cc3)O2)s1. The van der Waals surface area contributed by atoms with E-state index >= 15 is 0 Å². The van der Waals surface area contributed by atoms with E-state index < -0.39 is 12.2 Å². The summed E-state index contributed by atoms with van der Waals surface area (Å²) in [6, 6.07) is 24.1. The number of hydroxylamine groups is 1. The van der Waals surface area contributed by atoms with Crippen molar-refractivity contribution in [2.75, 3.05) is 5.75 Å². The Hall–Kier alpha value is -3.65. The first-order chi connectivity index (χ1) is 22.4. The first-order valence-corrected chi connectivity index (χ1v) is 17.0. The Bertz CT molecular complexity index is 1580. The molecule has 0 bridgehead atoms. The number of aromatic nitrogens is 2. The third-order valence-corrected chi connectivity index (χ3v) is 9.73. The van der Waals surface area contributed by atoms with Crippen LogP contribution in [0.25, 0.3) is 11.1 Å². The Morgan fingerprint density at radius 2 is 1.65 bits per heavy atom. The van der Waals surface area contributed by atoms with Crippen molar-refractivity contribution >= 4 is 34.9 Å². The van der Waals surface area contributed by atoms with Crippen LogP contribution in [-0.4, -0.2) is 44.2 Å². The number of aryl methyl sites for hydroxylation is 1. The highest BCUT2D eigenvalue weighted by Gasteiger charge is 2.32. The average Bonchev–Trinajstić information content (AvgIpc) is 3.53. The summed E-state index contributed by atoms with van der Waals surface area (Å²) in [5.41, 5.74) is 7.46. The molecule has 0 spiro atoms. The molecule has 5 rings (SSSR count). The number of unbranched alkanes of at least 4 members (excludes halogenated alkanes) is 1. The second kappa shape index (κ2) is 16.8. The monoisotopic (exact) mass is 662 g/mol. The van der Waals surface area contributed by atoms with E-state index in [0.717, 1.165) is 48.5 Å². The molecular formula is C34H38N4O6S2. The maximum atomic E-state index is 12.3. The van der Waals surface area contributed by atoms with Crippen LogP contribution in [0.15, 0.2) is 77.1 Å². The first-order valence-electron chi connectivity index (χ1n) is 15.2. The fourth-order valence-corrected chi connectivity index (χ4v) is 6.99. The second-order valence-electron chi connectivity index (χ2n) is 11.1. The van der Waals surface area contributed by atoms with Crippen molar-refractivity contribution in [1.29, 1.82) is 0 Å². The van der Waals surface area contributed by atoms with Crippen LogP contribution >= 0.6 is 23.1 Å². The Morgan fingerprint density at radius 1 is 0.913 bits per heavy atom. The molecule has 4 N–H and O–H groups in total. The molecule has 1 aliphatic rings. The van der Waals surface area contributed by atoms with E-state index in [0.29, 0.717) is 32.2 Å². The molecule has 0 radical (unpaired) electrons. The number of rotatable bonds is 14. The Kier molecular flexibility index (Phi) is 12.3. The van der Waals surface area contributed by atoms with Gasteiger partial charge in [-0.3, -0.25) is 14.8 Å². The van der Waals surface area contributed by atoms with Crippen LogP contribution in [-0.2, 0) is 32.2 Å². The van der Waals surface area contributed by atoms with Crippen LogP contribution in [0.4, 0.5) is 0 Å². The molecule has 46 heavy (non-hydrogen) atoms. The zero-order chi connectivity index (χ0) is 32.3. The van der Waals surface area contributed by atoms with Gasteiger partial charge in [-0.05, 0) is 53.6 Å². The van der Waals surface area contributed by atoms with Crippen molar-refractivity contribution in [2.24, 2.45) is 0 Å². The second-order valence-corrected chi connectivity index (χ2v) is 13.5. The smallest absolute Gasteiger partial charge is 0.243 e. The predicted molar refractivity (Wildman–Crippen MR) is 176 cm³/mol. The maximum absolute atomic E-state index is 12.3. The minimum absolute atomic E-state index is 0.00296. The van der Waals surface area contributed by atoms with E-state index in [2.05, 4.69) is 33.7 Å². The lowest BCUT2D eigenvalue weighted by Gasteiger charge is -2.36. The van der Waals surface area contributed by atoms with Gasteiger partial charge in [-0.2, -0.15) is 0 Å². The van der Waals surface area contributed by atoms with Gasteiger partial charge in [0.2, 0.25) is 11.8 Å². The van der Waals surface area contributed by atoms with Crippen molar-refractivity contribution in [1.82, 2.24) is 21.0 Å². The van der Waals surface area contributed by atoms with Crippen LogP contribution in [0.3, 0.4) is 0 Å². The van der Waals surface area contributed by atoms with Gasteiger partial charge < -0.3 is 19.9 Å². The standard InChI is InChI=1S/C34H38N4O6S2/c1-22-36-37-34(46-22)45-21-29-18-30(26-11-9-23(20-39)10-12-26)44-33(43-29)27-15-13-25(14-16-27)28-6-4-5-24(17-28)19-35-31(40)7-2-3-8-32(41)38-42/h4-6,9-17,29-30,33,39,42H,2-3,7-8,18-21H2,1H3,(H,35,40)(H,38,41). The lowest BCUT2D eigenvalue weighted by molar-refractivity contribution is -0.245. The number of thioether (sulfide) groups is 1. The molecule has 1 aromatic heterocycles. The molecule has 4 aromatic rings. The fourth-order valence-electron chi connectivity index (χ4n) is 5.13. The van der Waals surface area contributed by atoms with E-state index in [-0.39, 0.29) is 31.1 Å². The van der Waals surface area contributed by atoms with Gasteiger partial charge in [-0.15, -0.1) is 10.2 Å². The highest BCUT2D eigenvalue weighted by molar-refractivity contribution is 8.01. The Labute approximate surface area is 276 Å². The number of carbonyl (C=O) groups is 2. The highest BCUT2D eigenvalue weighted by Crippen LogP contribution is 2.40. The van der Waals surface area contributed by atoms with E-state index in [4.69, 9.17) is 14.7 Å². The predicted octanol–water partition coefficient (Wildman–Crippen LogP) is 6.03. The fraction of sp³-hybridized carbons (Fsp3) is 0.353. The number of ether oxygens (including phenoxy) is 2. The van der Waals surface area contributed by atoms with E-state index in [1.54, 1.807) is 28.6 Å². The van der Waals surface area contributed by atoms with E-state index in [1.165, 1.54) is 0 Å². The van der Waals surface area contributed by atoms with Crippen LogP contribution in [0.2, 0.25) is 0 Å². The number of amides is 2. The van der Waals surface area contributed by atoms with E-state index in [9.17, 15) is 14.7 Å². The largest absolute Gasteiger partial charge is 0.392 e. The van der Waals surface area contributed by atoms with Crippen molar-refractivity contribution in [3.63, 3.8) is 0 Å². The Balaban J connectivity index is 1.22. The number of hydrogen-bond acceptors (Lipinski definition) is 10. The molecule has 12 heteroatoms. The molecule has 3 unspecified atom stereocenters. The zero-order valence-electron chi connectivity index (χ0n) is 25.6. The number of nitrogens with zero attached hydrogens (tertiary/aromatic N) is 2. The van der Waals surface area contributed by atoms with Crippen molar-refractivity contribution in [3.05, 3.63) is 100 Å². The molecule has 2 heterocycles. The summed E-state index contributed by atoms with van der Waals surface area (Å²) in [6.45, 7) is 2.35. The summed E-state index contributed by atoms with van der Waals surface area (Å²) in [5.74, 6) is 0.198.